The maximum Gasteiger partial charge on any atom is 0.413 e. The average molecular weight is 373 g/mol. The third kappa shape index (κ3) is 3.43. The van der Waals surface area contributed by atoms with Gasteiger partial charge in [-0.3, -0.25) is 4.90 Å². The Morgan fingerprint density at radius 3 is 2.07 bits per heavy atom. The predicted octanol–water partition coefficient (Wildman–Crippen LogP) is 2.69. The highest BCUT2D eigenvalue weighted by Crippen LogP contribution is 2.46. The zero-order valence-corrected chi connectivity index (χ0v) is 15.5. The topological polar surface area (TPSA) is 77.5 Å². The van der Waals surface area contributed by atoms with Crippen LogP contribution in [0.15, 0.2) is 48.5 Å². The van der Waals surface area contributed by atoms with Gasteiger partial charge in [0, 0.05) is 12.7 Å². The molecule has 0 aromatic heterocycles. The van der Waals surface area contributed by atoms with Gasteiger partial charge in [-0.1, -0.05) is 24.3 Å². The Balaban J connectivity index is 2.05. The summed E-state index contributed by atoms with van der Waals surface area (Å²) in [5.41, 5.74) is -0.510. The van der Waals surface area contributed by atoms with E-state index in [-0.39, 0.29) is 13.2 Å². The molecular weight excluding hydrogens is 350 g/mol. The smallest absolute Gasteiger partial charge is 0.413 e. The van der Waals surface area contributed by atoms with E-state index in [0.717, 1.165) is 0 Å². The van der Waals surface area contributed by atoms with Crippen molar-refractivity contribution < 1.29 is 28.8 Å². The second-order valence-corrected chi connectivity index (χ2v) is 6.14. The highest BCUT2D eigenvalue weighted by Gasteiger charge is 2.55. The van der Waals surface area contributed by atoms with Crippen molar-refractivity contribution >= 4 is 6.09 Å². The number of methoxy groups -OCH3 is 3. The molecule has 1 amide bonds. The van der Waals surface area contributed by atoms with Crippen molar-refractivity contribution in [1.82, 2.24) is 4.90 Å². The Morgan fingerprint density at radius 2 is 1.56 bits per heavy atom. The lowest BCUT2D eigenvalue weighted by Gasteiger charge is -2.34. The number of carbonyl (C=O) groups is 1. The minimum atomic E-state index is -1.68. The van der Waals surface area contributed by atoms with E-state index in [1.165, 1.54) is 12.0 Å². The highest BCUT2D eigenvalue weighted by molar-refractivity contribution is 5.72. The Hall–Kier alpha value is -2.77. The molecule has 1 saturated heterocycles. The van der Waals surface area contributed by atoms with Crippen LogP contribution in [0.3, 0.4) is 0 Å². The third-order valence-corrected chi connectivity index (χ3v) is 4.67. The van der Waals surface area contributed by atoms with Crippen molar-refractivity contribution in [3.05, 3.63) is 59.7 Å². The molecule has 2 atom stereocenters. The van der Waals surface area contributed by atoms with Gasteiger partial charge in [0.25, 0.3) is 0 Å². The molecule has 1 aliphatic rings. The van der Waals surface area contributed by atoms with Crippen molar-refractivity contribution in [2.75, 3.05) is 34.5 Å². The lowest BCUT2D eigenvalue weighted by molar-refractivity contribution is -0.113. The van der Waals surface area contributed by atoms with Crippen LogP contribution in [0.1, 0.15) is 17.2 Å². The van der Waals surface area contributed by atoms with E-state index in [2.05, 4.69) is 0 Å². The van der Waals surface area contributed by atoms with Gasteiger partial charge in [0.15, 0.2) is 6.10 Å². The molecule has 1 heterocycles. The number of nitrogens with zero attached hydrogens (tertiary/aromatic N) is 1. The molecule has 1 fully saturated rings. The van der Waals surface area contributed by atoms with Gasteiger partial charge in [-0.15, -0.1) is 0 Å². The number of cyclic esters (lactones) is 1. The van der Waals surface area contributed by atoms with Crippen molar-refractivity contribution in [2.45, 2.75) is 11.8 Å². The number of amides is 1. The van der Waals surface area contributed by atoms with E-state index >= 15 is 0 Å². The first-order chi connectivity index (χ1) is 13.0. The fraction of sp³-hybridized carbons (Fsp3) is 0.350. The summed E-state index contributed by atoms with van der Waals surface area (Å²) in [6.45, 7) is 0.452. The van der Waals surface area contributed by atoms with Crippen LogP contribution in [0.25, 0.3) is 0 Å². The van der Waals surface area contributed by atoms with Crippen LogP contribution in [0, 0.1) is 0 Å². The summed E-state index contributed by atoms with van der Waals surface area (Å²) >= 11 is 0. The van der Waals surface area contributed by atoms with E-state index in [0.29, 0.717) is 22.6 Å². The van der Waals surface area contributed by atoms with Crippen LogP contribution in [-0.4, -0.2) is 50.6 Å². The summed E-state index contributed by atoms with van der Waals surface area (Å²) in [7, 11) is 4.68. The molecule has 0 saturated carbocycles. The van der Waals surface area contributed by atoms with Crippen LogP contribution in [-0.2, 0) is 15.2 Å². The Labute approximate surface area is 158 Å². The molecule has 3 rings (SSSR count). The summed E-state index contributed by atoms with van der Waals surface area (Å²) in [5, 5.41) is 11.7. The van der Waals surface area contributed by atoms with E-state index < -0.39 is 17.9 Å². The molecule has 0 aliphatic carbocycles. The number of hydrogen-bond acceptors (Lipinski definition) is 6. The minimum Gasteiger partial charge on any atom is -0.497 e. The van der Waals surface area contributed by atoms with Gasteiger partial charge >= 0.3 is 6.09 Å². The number of hydrogen-bond donors (Lipinski definition) is 1. The first-order valence-electron chi connectivity index (χ1n) is 8.52. The monoisotopic (exact) mass is 373 g/mol. The summed E-state index contributed by atoms with van der Waals surface area (Å²) in [6, 6.07) is 14.0. The molecule has 144 valence electrons. The molecule has 2 unspecified atom stereocenters. The molecule has 7 heteroatoms. The third-order valence-electron chi connectivity index (χ3n) is 4.67. The normalized spacial score (nSPS) is 21.9. The number of benzene rings is 2. The van der Waals surface area contributed by atoms with E-state index in [1.54, 1.807) is 62.8 Å². The molecule has 27 heavy (non-hydrogen) atoms. The SMILES string of the molecule is COCCN1C(=O)OC(c2ccc(OC)cc2)C1(O)c1ccc(OC)cc1. The van der Waals surface area contributed by atoms with Crippen molar-refractivity contribution in [2.24, 2.45) is 0 Å². The molecule has 1 N–H and O–H groups in total. The second kappa shape index (κ2) is 7.85. The van der Waals surface area contributed by atoms with Crippen LogP contribution >= 0.6 is 0 Å². The number of rotatable bonds is 7. The summed E-state index contributed by atoms with van der Waals surface area (Å²) in [5.74, 6) is 1.32. The Bertz CT molecular complexity index is 776. The number of ether oxygens (including phenoxy) is 4. The molecule has 0 radical (unpaired) electrons. The average Bonchev–Trinajstić information content (AvgIpc) is 2.97. The van der Waals surface area contributed by atoms with Crippen molar-refractivity contribution in [3.63, 3.8) is 0 Å². The van der Waals surface area contributed by atoms with Gasteiger partial charge in [-0.2, -0.15) is 0 Å². The quantitative estimate of drug-likeness (QED) is 0.804. The molecular formula is C20H23NO6. The van der Waals surface area contributed by atoms with Crippen LogP contribution in [0.4, 0.5) is 4.79 Å². The Kier molecular flexibility index (Phi) is 5.53. The summed E-state index contributed by atoms with van der Waals surface area (Å²) in [6.07, 6.45) is -1.51. The molecule has 1 aliphatic heterocycles. The summed E-state index contributed by atoms with van der Waals surface area (Å²) in [4.78, 5) is 13.8. The van der Waals surface area contributed by atoms with Gasteiger partial charge in [0.2, 0.25) is 5.72 Å². The zero-order chi connectivity index (χ0) is 19.4. The fourth-order valence-electron chi connectivity index (χ4n) is 3.19. The van der Waals surface area contributed by atoms with Gasteiger partial charge in [-0.25, -0.2) is 4.79 Å². The van der Waals surface area contributed by atoms with Gasteiger partial charge in [0.05, 0.1) is 27.4 Å². The molecule has 7 nitrogen and oxygen atoms in total. The second-order valence-electron chi connectivity index (χ2n) is 6.14. The fourth-order valence-corrected chi connectivity index (χ4v) is 3.19. The Morgan fingerprint density at radius 1 is 1.00 bits per heavy atom. The zero-order valence-electron chi connectivity index (χ0n) is 15.5. The maximum absolute atomic E-state index is 12.5. The van der Waals surface area contributed by atoms with Crippen molar-refractivity contribution in [3.8, 4) is 11.5 Å². The van der Waals surface area contributed by atoms with Crippen molar-refractivity contribution in [1.29, 1.82) is 0 Å². The lowest BCUT2D eigenvalue weighted by Crippen LogP contribution is -2.47. The van der Waals surface area contributed by atoms with E-state index in [9.17, 15) is 9.90 Å². The van der Waals surface area contributed by atoms with Crippen LogP contribution < -0.4 is 9.47 Å². The lowest BCUT2D eigenvalue weighted by atomic mass is 9.91. The summed E-state index contributed by atoms with van der Waals surface area (Å²) < 4.78 is 21.0. The molecule has 2 aromatic carbocycles. The van der Waals surface area contributed by atoms with Crippen LogP contribution in [0.5, 0.6) is 11.5 Å². The molecule has 2 aromatic rings. The largest absolute Gasteiger partial charge is 0.497 e. The number of carbonyl (C=O) groups excluding carboxylic acids is 1. The van der Waals surface area contributed by atoms with Gasteiger partial charge in [-0.05, 0) is 29.8 Å². The van der Waals surface area contributed by atoms with E-state index in [1.807, 2.05) is 0 Å². The van der Waals surface area contributed by atoms with E-state index in [4.69, 9.17) is 18.9 Å². The van der Waals surface area contributed by atoms with Gasteiger partial charge in [0.1, 0.15) is 11.5 Å². The first kappa shape index (κ1) is 19.0. The minimum absolute atomic E-state index is 0.185. The molecule has 0 spiro atoms. The van der Waals surface area contributed by atoms with Crippen LogP contribution in [0.2, 0.25) is 0 Å². The maximum atomic E-state index is 12.5. The highest BCUT2D eigenvalue weighted by atomic mass is 16.6. The standard InChI is InChI=1S/C20H23NO6/c1-24-13-12-21-19(22)27-18(14-4-8-16(25-2)9-5-14)20(21,23)15-6-10-17(26-3)11-7-15/h4-11,18,23H,12-13H2,1-3H3. The van der Waals surface area contributed by atoms with Gasteiger partial charge < -0.3 is 24.1 Å². The predicted molar refractivity (Wildman–Crippen MR) is 97.7 cm³/mol. The number of aliphatic hydroxyl groups is 1. The first-order valence-corrected chi connectivity index (χ1v) is 8.52. The molecule has 0 bridgehead atoms.